The Morgan fingerprint density at radius 1 is 1.10 bits per heavy atom. The van der Waals surface area contributed by atoms with E-state index in [9.17, 15) is 13.2 Å². The van der Waals surface area contributed by atoms with E-state index in [1.165, 1.54) is 17.5 Å². The number of halogens is 3. The minimum absolute atomic E-state index is 0.108. The van der Waals surface area contributed by atoms with Crippen LogP contribution in [-0.2, 0) is 0 Å². The second kappa shape index (κ2) is 7.09. The average Bonchev–Trinajstić information content (AvgIpc) is 2.34. The number of rotatable bonds is 6. The molecule has 0 radical (unpaired) electrons. The molecule has 1 N–H and O–H groups in total. The third-order valence-electron chi connectivity index (χ3n) is 3.30. The van der Waals surface area contributed by atoms with Gasteiger partial charge in [0.1, 0.15) is 0 Å². The van der Waals surface area contributed by atoms with Crippen LogP contribution in [0, 0.1) is 0 Å². The van der Waals surface area contributed by atoms with E-state index in [2.05, 4.69) is 19.2 Å². The maximum absolute atomic E-state index is 12.3. The number of hydrogen-bond donors (Lipinski definition) is 1. The second-order valence-corrected chi connectivity index (χ2v) is 5.47. The smallest absolute Gasteiger partial charge is 0.312 e. The molecule has 0 saturated carbocycles. The highest BCUT2D eigenvalue weighted by molar-refractivity contribution is 5.27. The SMILES string of the molecule is CNC(CN(C)CC(F)(F)F)c1ccc(C(C)C)cc1. The van der Waals surface area contributed by atoms with E-state index in [4.69, 9.17) is 0 Å². The molecule has 1 aromatic carbocycles. The van der Waals surface area contributed by atoms with Crippen molar-refractivity contribution in [3.63, 3.8) is 0 Å². The van der Waals surface area contributed by atoms with Crippen LogP contribution in [0.5, 0.6) is 0 Å². The third-order valence-corrected chi connectivity index (χ3v) is 3.30. The Balaban J connectivity index is 2.70. The Morgan fingerprint density at radius 3 is 2.00 bits per heavy atom. The van der Waals surface area contributed by atoms with E-state index < -0.39 is 12.7 Å². The van der Waals surface area contributed by atoms with Crippen LogP contribution < -0.4 is 5.32 Å². The summed E-state index contributed by atoms with van der Waals surface area (Å²) in [6, 6.07) is 7.93. The van der Waals surface area contributed by atoms with Crippen molar-refractivity contribution in [3.05, 3.63) is 35.4 Å². The Labute approximate surface area is 119 Å². The highest BCUT2D eigenvalue weighted by Gasteiger charge is 2.29. The van der Waals surface area contributed by atoms with Gasteiger partial charge in [0.05, 0.1) is 6.54 Å². The van der Waals surface area contributed by atoms with Crippen LogP contribution >= 0.6 is 0 Å². The molecule has 0 aliphatic heterocycles. The molecular formula is C15H23F3N2. The zero-order valence-electron chi connectivity index (χ0n) is 12.5. The molecule has 1 rings (SSSR count). The number of alkyl halides is 3. The molecule has 20 heavy (non-hydrogen) atoms. The van der Waals surface area contributed by atoms with E-state index in [1.54, 1.807) is 7.05 Å². The largest absolute Gasteiger partial charge is 0.401 e. The number of likely N-dealkylation sites (N-methyl/N-ethyl adjacent to an activating group) is 2. The summed E-state index contributed by atoms with van der Waals surface area (Å²) in [5, 5.41) is 3.07. The predicted octanol–water partition coefficient (Wildman–Crippen LogP) is 3.56. The number of hydrogen-bond acceptors (Lipinski definition) is 2. The quantitative estimate of drug-likeness (QED) is 0.861. The molecule has 0 aliphatic rings. The van der Waals surface area contributed by atoms with Crippen LogP contribution in [-0.4, -0.2) is 38.3 Å². The molecule has 1 atom stereocenters. The summed E-state index contributed by atoms with van der Waals surface area (Å²) < 4.78 is 37.0. The van der Waals surface area contributed by atoms with Crippen LogP contribution in [0.15, 0.2) is 24.3 Å². The molecule has 0 aromatic heterocycles. The van der Waals surface area contributed by atoms with Gasteiger partial charge in [0.15, 0.2) is 0 Å². The van der Waals surface area contributed by atoms with Crippen molar-refractivity contribution < 1.29 is 13.2 Å². The topological polar surface area (TPSA) is 15.3 Å². The fourth-order valence-electron chi connectivity index (χ4n) is 2.16. The van der Waals surface area contributed by atoms with Crippen LogP contribution in [0.2, 0.25) is 0 Å². The van der Waals surface area contributed by atoms with Gasteiger partial charge in [0, 0.05) is 12.6 Å². The molecule has 1 unspecified atom stereocenters. The zero-order valence-corrected chi connectivity index (χ0v) is 12.5. The fourth-order valence-corrected chi connectivity index (χ4v) is 2.16. The first kappa shape index (κ1) is 17.0. The van der Waals surface area contributed by atoms with Crippen molar-refractivity contribution in [1.82, 2.24) is 10.2 Å². The fraction of sp³-hybridized carbons (Fsp3) is 0.600. The van der Waals surface area contributed by atoms with Gasteiger partial charge in [-0.15, -0.1) is 0 Å². The van der Waals surface area contributed by atoms with Crippen molar-refractivity contribution in [2.24, 2.45) is 0 Å². The van der Waals surface area contributed by atoms with Crippen LogP contribution in [0.4, 0.5) is 13.2 Å². The molecule has 2 nitrogen and oxygen atoms in total. The Hall–Kier alpha value is -1.07. The molecule has 0 saturated heterocycles. The summed E-state index contributed by atoms with van der Waals surface area (Å²) in [5.74, 6) is 0.449. The standard InChI is InChI=1S/C15H23F3N2/c1-11(2)12-5-7-13(8-6-12)14(19-3)9-20(4)10-15(16,17)18/h5-8,11,14,19H,9-10H2,1-4H3. The van der Waals surface area contributed by atoms with Crippen molar-refractivity contribution >= 4 is 0 Å². The van der Waals surface area contributed by atoms with Crippen molar-refractivity contribution in [3.8, 4) is 0 Å². The minimum atomic E-state index is -4.16. The second-order valence-electron chi connectivity index (χ2n) is 5.47. The average molecular weight is 288 g/mol. The summed E-state index contributed by atoms with van der Waals surface area (Å²) in [6.45, 7) is 3.65. The molecule has 1 aromatic rings. The molecule has 114 valence electrons. The lowest BCUT2D eigenvalue weighted by atomic mass is 9.99. The Morgan fingerprint density at radius 2 is 1.60 bits per heavy atom. The lowest BCUT2D eigenvalue weighted by Crippen LogP contribution is -2.37. The van der Waals surface area contributed by atoms with E-state index in [0.717, 1.165) is 5.56 Å². The lowest BCUT2D eigenvalue weighted by Gasteiger charge is -2.25. The maximum Gasteiger partial charge on any atom is 0.401 e. The molecule has 0 spiro atoms. The Kier molecular flexibility index (Phi) is 6.02. The molecule has 0 amide bonds. The van der Waals surface area contributed by atoms with Gasteiger partial charge < -0.3 is 5.32 Å². The van der Waals surface area contributed by atoms with Gasteiger partial charge in [0.25, 0.3) is 0 Å². The van der Waals surface area contributed by atoms with Gasteiger partial charge >= 0.3 is 6.18 Å². The van der Waals surface area contributed by atoms with Crippen molar-refractivity contribution in [2.45, 2.75) is 32.0 Å². The normalized spacial score (nSPS) is 14.1. The summed E-state index contributed by atoms with van der Waals surface area (Å²) in [4.78, 5) is 1.29. The summed E-state index contributed by atoms with van der Waals surface area (Å²) in [5.41, 5.74) is 2.23. The highest BCUT2D eigenvalue weighted by Crippen LogP contribution is 2.21. The summed E-state index contributed by atoms with van der Waals surface area (Å²) in [7, 11) is 3.25. The number of nitrogens with one attached hydrogen (secondary N) is 1. The monoisotopic (exact) mass is 288 g/mol. The summed E-state index contributed by atoms with van der Waals surface area (Å²) in [6.07, 6.45) is -4.16. The van der Waals surface area contributed by atoms with E-state index >= 15 is 0 Å². The van der Waals surface area contributed by atoms with Gasteiger partial charge in [-0.05, 0) is 31.1 Å². The predicted molar refractivity (Wildman–Crippen MR) is 75.9 cm³/mol. The first-order valence-corrected chi connectivity index (χ1v) is 6.75. The molecule has 0 bridgehead atoms. The van der Waals surface area contributed by atoms with E-state index in [1.807, 2.05) is 24.3 Å². The first-order valence-electron chi connectivity index (χ1n) is 6.75. The van der Waals surface area contributed by atoms with Gasteiger partial charge in [-0.3, -0.25) is 4.90 Å². The third kappa shape index (κ3) is 5.51. The molecule has 0 heterocycles. The molecule has 5 heteroatoms. The van der Waals surface area contributed by atoms with Crippen molar-refractivity contribution in [2.75, 3.05) is 27.2 Å². The van der Waals surface area contributed by atoms with Crippen LogP contribution in [0.3, 0.4) is 0 Å². The van der Waals surface area contributed by atoms with E-state index in [0.29, 0.717) is 12.5 Å². The van der Waals surface area contributed by atoms with E-state index in [-0.39, 0.29) is 6.04 Å². The molecule has 0 aliphatic carbocycles. The van der Waals surface area contributed by atoms with Crippen LogP contribution in [0.25, 0.3) is 0 Å². The van der Waals surface area contributed by atoms with Gasteiger partial charge in [-0.25, -0.2) is 0 Å². The van der Waals surface area contributed by atoms with Gasteiger partial charge in [0.2, 0.25) is 0 Å². The van der Waals surface area contributed by atoms with Crippen LogP contribution in [0.1, 0.15) is 36.9 Å². The Bertz CT molecular complexity index is 399. The zero-order chi connectivity index (χ0) is 15.3. The summed E-state index contributed by atoms with van der Waals surface area (Å²) >= 11 is 0. The lowest BCUT2D eigenvalue weighted by molar-refractivity contribution is -0.143. The van der Waals surface area contributed by atoms with Crippen molar-refractivity contribution in [1.29, 1.82) is 0 Å². The maximum atomic E-state index is 12.3. The molecule has 0 fully saturated rings. The minimum Gasteiger partial charge on any atom is -0.312 e. The first-order chi connectivity index (χ1) is 9.23. The number of benzene rings is 1. The highest BCUT2D eigenvalue weighted by atomic mass is 19.4. The number of nitrogens with zero attached hydrogens (tertiary/aromatic N) is 1. The van der Waals surface area contributed by atoms with Gasteiger partial charge in [-0.1, -0.05) is 38.1 Å². The van der Waals surface area contributed by atoms with Gasteiger partial charge in [-0.2, -0.15) is 13.2 Å². The molecular weight excluding hydrogens is 265 g/mol.